The van der Waals surface area contributed by atoms with Gasteiger partial charge in [-0.1, -0.05) is 18.2 Å². The highest BCUT2D eigenvalue weighted by Gasteiger charge is 2.21. The summed E-state index contributed by atoms with van der Waals surface area (Å²) in [5.41, 5.74) is 1.99. The Bertz CT molecular complexity index is 428. The standard InChI is InChI=1S/C14H20N2O3/c1-19-11-14(18)16-8-6-15(7-9-16)13-5-3-2-4-12(13)10-17/h2-5,17H,6-11H2,1H3. The van der Waals surface area contributed by atoms with Crippen molar-refractivity contribution in [2.45, 2.75) is 6.61 Å². The first kappa shape index (κ1) is 13.8. The van der Waals surface area contributed by atoms with E-state index in [0.29, 0.717) is 13.1 Å². The van der Waals surface area contributed by atoms with E-state index in [4.69, 9.17) is 4.74 Å². The molecule has 0 unspecified atom stereocenters. The Kier molecular flexibility index (Phi) is 4.76. The van der Waals surface area contributed by atoms with Crippen molar-refractivity contribution in [3.63, 3.8) is 0 Å². The highest BCUT2D eigenvalue weighted by molar-refractivity contribution is 5.77. The van der Waals surface area contributed by atoms with Crippen molar-refractivity contribution in [2.75, 3.05) is 44.8 Å². The number of anilines is 1. The first-order valence-corrected chi connectivity index (χ1v) is 6.46. The number of piperazine rings is 1. The maximum atomic E-state index is 11.7. The zero-order chi connectivity index (χ0) is 13.7. The van der Waals surface area contributed by atoms with E-state index in [0.717, 1.165) is 24.3 Å². The number of methoxy groups -OCH3 is 1. The number of aliphatic hydroxyl groups excluding tert-OH is 1. The summed E-state index contributed by atoms with van der Waals surface area (Å²) < 4.78 is 4.87. The molecule has 2 rings (SSSR count). The third kappa shape index (κ3) is 3.24. The Morgan fingerprint density at radius 2 is 1.95 bits per heavy atom. The maximum absolute atomic E-state index is 11.7. The van der Waals surface area contributed by atoms with Crippen LogP contribution in [0.15, 0.2) is 24.3 Å². The lowest BCUT2D eigenvalue weighted by Crippen LogP contribution is -2.49. The molecule has 1 aliphatic rings. The van der Waals surface area contributed by atoms with Gasteiger partial charge in [0.25, 0.3) is 0 Å². The molecule has 1 aromatic carbocycles. The molecular formula is C14H20N2O3. The van der Waals surface area contributed by atoms with Crippen molar-refractivity contribution >= 4 is 11.6 Å². The molecule has 1 heterocycles. The second-order valence-electron chi connectivity index (χ2n) is 4.59. The normalized spacial score (nSPS) is 15.7. The molecule has 1 aromatic rings. The van der Waals surface area contributed by atoms with Crippen LogP contribution in [0, 0.1) is 0 Å². The van der Waals surface area contributed by atoms with Crippen LogP contribution in [-0.4, -0.2) is 55.8 Å². The first-order valence-electron chi connectivity index (χ1n) is 6.46. The molecule has 0 atom stereocenters. The average Bonchev–Trinajstić information content (AvgIpc) is 2.47. The fourth-order valence-corrected chi connectivity index (χ4v) is 2.36. The van der Waals surface area contributed by atoms with Crippen molar-refractivity contribution in [2.24, 2.45) is 0 Å². The van der Waals surface area contributed by atoms with Gasteiger partial charge >= 0.3 is 0 Å². The van der Waals surface area contributed by atoms with Gasteiger partial charge in [0.05, 0.1) is 6.61 Å². The van der Waals surface area contributed by atoms with Crippen LogP contribution in [0.5, 0.6) is 0 Å². The summed E-state index contributed by atoms with van der Waals surface area (Å²) >= 11 is 0. The predicted octanol–water partition coefficient (Wildman–Crippen LogP) is 0.474. The minimum atomic E-state index is 0.0394. The summed E-state index contributed by atoms with van der Waals surface area (Å²) in [5.74, 6) is 0.0394. The Labute approximate surface area is 113 Å². The molecule has 5 heteroatoms. The topological polar surface area (TPSA) is 53.0 Å². The van der Waals surface area contributed by atoms with Gasteiger partial charge < -0.3 is 19.6 Å². The molecule has 0 aliphatic carbocycles. The van der Waals surface area contributed by atoms with Gasteiger partial charge in [-0.2, -0.15) is 0 Å². The number of rotatable bonds is 4. The number of carbonyl (C=O) groups is 1. The minimum absolute atomic E-state index is 0.0394. The molecule has 5 nitrogen and oxygen atoms in total. The number of carbonyl (C=O) groups excluding carboxylic acids is 1. The summed E-state index contributed by atoms with van der Waals surface area (Å²) in [4.78, 5) is 15.7. The van der Waals surface area contributed by atoms with Gasteiger partial charge in [-0.15, -0.1) is 0 Å². The number of para-hydroxylation sites is 1. The van der Waals surface area contributed by atoms with E-state index in [-0.39, 0.29) is 19.1 Å². The molecule has 0 aromatic heterocycles. The highest BCUT2D eigenvalue weighted by atomic mass is 16.5. The molecule has 19 heavy (non-hydrogen) atoms. The van der Waals surface area contributed by atoms with Crippen LogP contribution in [0.3, 0.4) is 0 Å². The van der Waals surface area contributed by atoms with Gasteiger partial charge in [0.1, 0.15) is 6.61 Å². The molecule has 1 N–H and O–H groups in total. The van der Waals surface area contributed by atoms with E-state index in [1.165, 1.54) is 7.11 Å². The zero-order valence-corrected chi connectivity index (χ0v) is 11.2. The fraction of sp³-hybridized carbons (Fsp3) is 0.500. The number of nitrogens with zero attached hydrogens (tertiary/aromatic N) is 2. The SMILES string of the molecule is COCC(=O)N1CCN(c2ccccc2CO)CC1. The van der Waals surface area contributed by atoms with Crippen molar-refractivity contribution in [1.82, 2.24) is 4.90 Å². The average molecular weight is 264 g/mol. The van der Waals surface area contributed by atoms with Gasteiger partial charge in [-0.05, 0) is 6.07 Å². The monoisotopic (exact) mass is 264 g/mol. The molecular weight excluding hydrogens is 244 g/mol. The summed E-state index contributed by atoms with van der Waals surface area (Å²) in [6, 6.07) is 7.83. The molecule has 1 saturated heterocycles. The molecule has 1 aliphatic heterocycles. The number of hydrogen-bond donors (Lipinski definition) is 1. The van der Waals surface area contributed by atoms with Gasteiger partial charge in [-0.25, -0.2) is 0 Å². The molecule has 0 spiro atoms. The van der Waals surface area contributed by atoms with Gasteiger partial charge in [0, 0.05) is 44.5 Å². The van der Waals surface area contributed by atoms with E-state index in [2.05, 4.69) is 4.90 Å². The van der Waals surface area contributed by atoms with Crippen LogP contribution < -0.4 is 4.90 Å². The van der Waals surface area contributed by atoms with E-state index in [1.54, 1.807) is 0 Å². The third-order valence-electron chi connectivity index (χ3n) is 3.40. The zero-order valence-electron chi connectivity index (χ0n) is 11.2. The quantitative estimate of drug-likeness (QED) is 0.859. The van der Waals surface area contributed by atoms with Gasteiger partial charge in [-0.3, -0.25) is 4.79 Å². The smallest absolute Gasteiger partial charge is 0.248 e. The number of benzene rings is 1. The maximum Gasteiger partial charge on any atom is 0.248 e. The number of amides is 1. The van der Waals surface area contributed by atoms with E-state index in [1.807, 2.05) is 29.2 Å². The summed E-state index contributed by atoms with van der Waals surface area (Å²) in [6.45, 7) is 3.15. The van der Waals surface area contributed by atoms with E-state index in [9.17, 15) is 9.90 Å². The Morgan fingerprint density at radius 1 is 1.26 bits per heavy atom. The van der Waals surface area contributed by atoms with Gasteiger partial charge in [0.15, 0.2) is 0 Å². The van der Waals surface area contributed by atoms with Crippen molar-refractivity contribution in [3.05, 3.63) is 29.8 Å². The lowest BCUT2D eigenvalue weighted by atomic mass is 10.1. The van der Waals surface area contributed by atoms with Crippen molar-refractivity contribution in [3.8, 4) is 0 Å². The van der Waals surface area contributed by atoms with Crippen LogP contribution in [0.25, 0.3) is 0 Å². The summed E-state index contributed by atoms with van der Waals surface area (Å²) in [5, 5.41) is 9.35. The Hall–Kier alpha value is -1.59. The third-order valence-corrected chi connectivity index (χ3v) is 3.40. The van der Waals surface area contributed by atoms with Crippen LogP contribution in [0.2, 0.25) is 0 Å². The number of hydrogen-bond acceptors (Lipinski definition) is 4. The first-order chi connectivity index (χ1) is 9.26. The van der Waals surface area contributed by atoms with E-state index < -0.39 is 0 Å². The van der Waals surface area contributed by atoms with Crippen molar-refractivity contribution in [1.29, 1.82) is 0 Å². The second-order valence-corrected chi connectivity index (χ2v) is 4.59. The predicted molar refractivity (Wildman–Crippen MR) is 73.0 cm³/mol. The molecule has 1 fully saturated rings. The molecule has 104 valence electrons. The Morgan fingerprint density at radius 3 is 2.58 bits per heavy atom. The molecule has 0 radical (unpaired) electrons. The highest BCUT2D eigenvalue weighted by Crippen LogP contribution is 2.21. The molecule has 0 bridgehead atoms. The molecule has 0 saturated carbocycles. The lowest BCUT2D eigenvalue weighted by molar-refractivity contribution is -0.135. The van der Waals surface area contributed by atoms with E-state index >= 15 is 0 Å². The summed E-state index contributed by atoms with van der Waals surface area (Å²) in [7, 11) is 1.53. The summed E-state index contributed by atoms with van der Waals surface area (Å²) in [6.07, 6.45) is 0. The number of ether oxygens (including phenoxy) is 1. The van der Waals surface area contributed by atoms with Crippen LogP contribution in [0.4, 0.5) is 5.69 Å². The largest absolute Gasteiger partial charge is 0.392 e. The molecule has 1 amide bonds. The Balaban J connectivity index is 1.98. The lowest BCUT2D eigenvalue weighted by Gasteiger charge is -2.36. The van der Waals surface area contributed by atoms with Gasteiger partial charge in [0.2, 0.25) is 5.91 Å². The fourth-order valence-electron chi connectivity index (χ4n) is 2.36. The van der Waals surface area contributed by atoms with Crippen molar-refractivity contribution < 1.29 is 14.6 Å². The van der Waals surface area contributed by atoms with Crippen LogP contribution >= 0.6 is 0 Å². The van der Waals surface area contributed by atoms with Crippen LogP contribution in [-0.2, 0) is 16.1 Å². The minimum Gasteiger partial charge on any atom is -0.392 e. The second kappa shape index (κ2) is 6.54. The van der Waals surface area contributed by atoms with Crippen LogP contribution in [0.1, 0.15) is 5.56 Å². The number of aliphatic hydroxyl groups is 1.